The van der Waals surface area contributed by atoms with Gasteiger partial charge in [-0.2, -0.15) is 36.0 Å². The average molecular weight is 468 g/mol. The molecule has 0 amide bonds. The molecule has 3 aromatic rings. The SMILES string of the molecule is CCOC(=O)c1c(Cl)nc(-n2cnc(-c3cc(C(F)(F)F)cc(C(F)(F)F)c3)n2)n1C. The maximum absolute atomic E-state index is 13.1. The van der Waals surface area contributed by atoms with Crippen LogP contribution >= 0.6 is 11.6 Å². The van der Waals surface area contributed by atoms with Gasteiger partial charge in [-0.15, -0.1) is 5.10 Å². The van der Waals surface area contributed by atoms with Gasteiger partial charge >= 0.3 is 18.3 Å². The van der Waals surface area contributed by atoms with Crippen LogP contribution in [0.2, 0.25) is 5.15 Å². The zero-order valence-corrected chi connectivity index (χ0v) is 16.5. The van der Waals surface area contributed by atoms with E-state index in [0.29, 0.717) is 12.1 Å². The number of aromatic nitrogens is 5. The molecule has 0 aliphatic rings. The van der Waals surface area contributed by atoms with Crippen LogP contribution < -0.4 is 0 Å². The van der Waals surface area contributed by atoms with E-state index in [2.05, 4.69) is 15.1 Å². The molecule has 0 atom stereocenters. The lowest BCUT2D eigenvalue weighted by Crippen LogP contribution is -2.13. The van der Waals surface area contributed by atoms with Gasteiger partial charge in [0.1, 0.15) is 6.33 Å². The number of carbonyl (C=O) groups excluding carboxylic acids is 1. The number of rotatable bonds is 4. The second-order valence-electron chi connectivity index (χ2n) is 6.14. The Morgan fingerprint density at radius 2 is 1.68 bits per heavy atom. The van der Waals surface area contributed by atoms with Crippen molar-refractivity contribution in [3.8, 4) is 17.3 Å². The van der Waals surface area contributed by atoms with E-state index in [-0.39, 0.29) is 29.5 Å². The van der Waals surface area contributed by atoms with Crippen molar-refractivity contribution < 1.29 is 35.9 Å². The first-order chi connectivity index (χ1) is 14.3. The van der Waals surface area contributed by atoms with Crippen LogP contribution in [0, 0.1) is 0 Å². The van der Waals surface area contributed by atoms with E-state index in [1.807, 2.05) is 0 Å². The molecule has 0 saturated heterocycles. The van der Waals surface area contributed by atoms with Crippen molar-refractivity contribution in [2.45, 2.75) is 19.3 Å². The van der Waals surface area contributed by atoms with Crippen molar-refractivity contribution in [3.63, 3.8) is 0 Å². The van der Waals surface area contributed by atoms with Crippen LogP contribution in [0.3, 0.4) is 0 Å². The lowest BCUT2D eigenvalue weighted by molar-refractivity contribution is -0.143. The number of halogens is 7. The van der Waals surface area contributed by atoms with Crippen LogP contribution in [0.1, 0.15) is 28.5 Å². The van der Waals surface area contributed by atoms with E-state index < -0.39 is 40.8 Å². The smallest absolute Gasteiger partial charge is 0.416 e. The maximum Gasteiger partial charge on any atom is 0.416 e. The van der Waals surface area contributed by atoms with E-state index in [1.54, 1.807) is 6.92 Å². The summed E-state index contributed by atoms with van der Waals surface area (Å²) in [5.74, 6) is -1.26. The molecule has 0 bridgehead atoms. The molecule has 166 valence electrons. The predicted octanol–water partition coefficient (Wildman–Crippen LogP) is 4.54. The van der Waals surface area contributed by atoms with E-state index >= 15 is 0 Å². The van der Waals surface area contributed by atoms with E-state index in [9.17, 15) is 31.1 Å². The second kappa shape index (κ2) is 7.87. The highest BCUT2D eigenvalue weighted by molar-refractivity contribution is 6.32. The number of imidazole rings is 1. The number of hydrogen-bond acceptors (Lipinski definition) is 5. The van der Waals surface area contributed by atoms with Crippen molar-refractivity contribution in [1.29, 1.82) is 0 Å². The number of alkyl halides is 6. The van der Waals surface area contributed by atoms with Crippen LogP contribution in [-0.2, 0) is 24.1 Å². The minimum absolute atomic E-state index is 0.00460. The number of benzene rings is 1. The highest BCUT2D eigenvalue weighted by atomic mass is 35.5. The van der Waals surface area contributed by atoms with Crippen LogP contribution in [0.25, 0.3) is 17.3 Å². The molecule has 2 aromatic heterocycles. The molecule has 0 aliphatic heterocycles. The molecule has 3 rings (SSSR count). The van der Waals surface area contributed by atoms with Crippen LogP contribution in [0.4, 0.5) is 26.3 Å². The minimum Gasteiger partial charge on any atom is -0.461 e. The fourth-order valence-corrected chi connectivity index (χ4v) is 2.93. The molecular weight excluding hydrogens is 456 g/mol. The summed E-state index contributed by atoms with van der Waals surface area (Å²) in [5, 5.41) is 3.66. The van der Waals surface area contributed by atoms with Gasteiger partial charge in [0.25, 0.3) is 0 Å². The van der Waals surface area contributed by atoms with Gasteiger partial charge in [-0.25, -0.2) is 9.78 Å². The first-order valence-corrected chi connectivity index (χ1v) is 8.82. The Bertz CT molecular complexity index is 1100. The molecule has 0 fully saturated rings. The number of ether oxygens (including phenoxy) is 1. The molecule has 31 heavy (non-hydrogen) atoms. The first-order valence-electron chi connectivity index (χ1n) is 8.44. The summed E-state index contributed by atoms with van der Waals surface area (Å²) in [7, 11) is 1.40. The Morgan fingerprint density at radius 3 is 2.19 bits per heavy atom. The molecule has 0 spiro atoms. The molecule has 14 heteroatoms. The highest BCUT2D eigenvalue weighted by Gasteiger charge is 2.37. The van der Waals surface area contributed by atoms with Crippen LogP contribution in [0.5, 0.6) is 0 Å². The lowest BCUT2D eigenvalue weighted by atomic mass is 10.0. The van der Waals surface area contributed by atoms with Crippen LogP contribution in [-0.4, -0.2) is 36.9 Å². The first kappa shape index (κ1) is 22.6. The average Bonchev–Trinajstić information content (AvgIpc) is 3.24. The van der Waals surface area contributed by atoms with Gasteiger partial charge in [-0.1, -0.05) is 11.6 Å². The number of carbonyl (C=O) groups is 1. The summed E-state index contributed by atoms with van der Waals surface area (Å²) in [4.78, 5) is 19.7. The highest BCUT2D eigenvalue weighted by Crippen LogP contribution is 2.38. The number of esters is 1. The summed E-state index contributed by atoms with van der Waals surface area (Å²) in [6, 6.07) is 1.01. The molecule has 0 aliphatic carbocycles. The van der Waals surface area contributed by atoms with Gasteiger partial charge in [-0.3, -0.25) is 0 Å². The largest absolute Gasteiger partial charge is 0.461 e. The molecule has 7 nitrogen and oxygen atoms in total. The van der Waals surface area contributed by atoms with Crippen LogP contribution in [0.15, 0.2) is 24.5 Å². The van der Waals surface area contributed by atoms with Gasteiger partial charge in [-0.05, 0) is 25.1 Å². The summed E-state index contributed by atoms with van der Waals surface area (Å²) in [6.07, 6.45) is -9.02. The monoisotopic (exact) mass is 467 g/mol. The van der Waals surface area contributed by atoms with Gasteiger partial charge in [0, 0.05) is 12.6 Å². The Labute approximate surface area is 175 Å². The Kier molecular flexibility index (Phi) is 5.74. The second-order valence-corrected chi connectivity index (χ2v) is 6.50. The number of nitrogens with zero attached hydrogens (tertiary/aromatic N) is 5. The van der Waals surface area contributed by atoms with E-state index in [1.165, 1.54) is 11.6 Å². The predicted molar refractivity (Wildman–Crippen MR) is 94.5 cm³/mol. The van der Waals surface area contributed by atoms with E-state index in [4.69, 9.17) is 16.3 Å². The summed E-state index contributed by atoms with van der Waals surface area (Å²) in [6.45, 7) is 1.65. The van der Waals surface area contributed by atoms with Crippen molar-refractivity contribution in [2.75, 3.05) is 6.61 Å². The van der Waals surface area contributed by atoms with E-state index in [0.717, 1.165) is 11.0 Å². The summed E-state index contributed by atoms with van der Waals surface area (Å²) in [5.41, 5.74) is -3.63. The van der Waals surface area contributed by atoms with Crippen molar-refractivity contribution in [1.82, 2.24) is 24.3 Å². The summed E-state index contributed by atoms with van der Waals surface area (Å²) >= 11 is 5.95. The molecule has 0 N–H and O–H groups in total. The Balaban J connectivity index is 2.08. The fraction of sp³-hybridized carbons (Fsp3) is 0.294. The molecule has 1 aromatic carbocycles. The molecule has 0 unspecified atom stereocenters. The van der Waals surface area contributed by atoms with Crippen molar-refractivity contribution >= 4 is 17.6 Å². The third-order valence-corrected chi connectivity index (χ3v) is 4.30. The third-order valence-electron chi connectivity index (χ3n) is 4.04. The fourth-order valence-electron chi connectivity index (χ4n) is 2.66. The van der Waals surface area contributed by atoms with Gasteiger partial charge in [0.05, 0.1) is 17.7 Å². The zero-order chi connectivity index (χ0) is 23.1. The Morgan fingerprint density at radius 1 is 1.10 bits per heavy atom. The van der Waals surface area contributed by atoms with Gasteiger partial charge in [0.2, 0.25) is 5.95 Å². The Hall–Kier alpha value is -3.09. The maximum atomic E-state index is 13.1. The molecular formula is C17H12ClF6N5O2. The minimum atomic E-state index is -5.01. The standard InChI is InChI=1S/C17H12ClF6N5O2/c1-3-31-14(30)11-12(18)26-15(28(11)2)29-7-25-13(27-29)8-4-9(16(19,20)21)6-10(5-8)17(22,23)24/h4-7H,3H2,1-2H3. The molecule has 2 heterocycles. The van der Waals surface area contributed by atoms with Gasteiger partial charge < -0.3 is 9.30 Å². The zero-order valence-electron chi connectivity index (χ0n) is 15.7. The summed E-state index contributed by atoms with van der Waals surface area (Å²) < 4.78 is 85.5. The van der Waals surface area contributed by atoms with Crippen molar-refractivity contribution in [3.05, 3.63) is 46.5 Å². The third kappa shape index (κ3) is 4.50. The van der Waals surface area contributed by atoms with Gasteiger partial charge in [0.15, 0.2) is 16.7 Å². The topological polar surface area (TPSA) is 74.8 Å². The quantitative estimate of drug-likeness (QED) is 0.416. The molecule has 0 radical (unpaired) electrons. The van der Waals surface area contributed by atoms with Crippen molar-refractivity contribution in [2.24, 2.45) is 7.05 Å². The normalized spacial score (nSPS) is 12.3. The lowest BCUT2D eigenvalue weighted by Gasteiger charge is -2.13. The molecule has 0 saturated carbocycles. The number of hydrogen-bond donors (Lipinski definition) is 0.